The number of amides is 1. The van der Waals surface area contributed by atoms with Crippen molar-refractivity contribution in [2.75, 3.05) is 19.0 Å². The summed E-state index contributed by atoms with van der Waals surface area (Å²) in [6, 6.07) is 3.33. The minimum Gasteiger partial charge on any atom is -0.478 e. The highest BCUT2D eigenvalue weighted by molar-refractivity contribution is 5.93. The second-order valence-corrected chi connectivity index (χ2v) is 2.98. The van der Waals surface area contributed by atoms with Gasteiger partial charge in [-0.2, -0.15) is 0 Å². The molecule has 0 heterocycles. The Hall–Kier alpha value is -1.95. The lowest BCUT2D eigenvalue weighted by atomic mass is 10.2. The van der Waals surface area contributed by atoms with Gasteiger partial charge in [0.1, 0.15) is 12.4 Å². The normalized spacial score (nSPS) is 9.88. The summed E-state index contributed by atoms with van der Waals surface area (Å²) in [7, 11) is 1.35. The third kappa shape index (κ3) is 3.03. The first kappa shape index (κ1) is 12.1. The van der Waals surface area contributed by atoms with Crippen molar-refractivity contribution in [1.82, 2.24) is 0 Å². The number of ether oxygens (including phenoxy) is 1. The van der Waals surface area contributed by atoms with E-state index < -0.39 is 23.3 Å². The summed E-state index contributed by atoms with van der Waals surface area (Å²) in [6.45, 7) is -0.150. The van der Waals surface area contributed by atoms with Crippen molar-refractivity contribution in [1.29, 1.82) is 0 Å². The number of anilines is 1. The van der Waals surface area contributed by atoms with Crippen LogP contribution in [0.2, 0.25) is 0 Å². The van der Waals surface area contributed by atoms with Crippen molar-refractivity contribution in [2.45, 2.75) is 0 Å². The fourth-order valence-corrected chi connectivity index (χ4v) is 1.09. The van der Waals surface area contributed by atoms with Gasteiger partial charge in [-0.25, -0.2) is 9.18 Å². The van der Waals surface area contributed by atoms with Gasteiger partial charge in [-0.05, 0) is 18.2 Å². The zero-order valence-corrected chi connectivity index (χ0v) is 8.49. The standard InChI is InChI=1S/C10H10FNO4/c1-16-5-9(13)12-6-2-3-7(10(14)15)8(11)4-6/h2-4H,5H2,1H3,(H,12,13)(H,14,15). The van der Waals surface area contributed by atoms with Crippen molar-refractivity contribution < 1.29 is 23.8 Å². The lowest BCUT2D eigenvalue weighted by Gasteiger charge is -2.05. The molecule has 0 bridgehead atoms. The van der Waals surface area contributed by atoms with Crippen LogP contribution < -0.4 is 5.32 Å². The maximum absolute atomic E-state index is 13.2. The Morgan fingerprint density at radius 1 is 1.50 bits per heavy atom. The predicted octanol–water partition coefficient (Wildman–Crippen LogP) is 1.11. The number of methoxy groups -OCH3 is 1. The summed E-state index contributed by atoms with van der Waals surface area (Å²) in [5.41, 5.74) is -0.255. The molecule has 0 fully saturated rings. The van der Waals surface area contributed by atoms with Gasteiger partial charge < -0.3 is 15.2 Å². The molecule has 0 spiro atoms. The summed E-state index contributed by atoms with van der Waals surface area (Å²) in [5, 5.41) is 10.9. The molecular weight excluding hydrogens is 217 g/mol. The number of hydrogen-bond acceptors (Lipinski definition) is 3. The van der Waals surface area contributed by atoms with Gasteiger partial charge in [-0.3, -0.25) is 4.79 Å². The molecule has 0 saturated carbocycles. The molecular formula is C10H10FNO4. The van der Waals surface area contributed by atoms with E-state index in [1.54, 1.807) is 0 Å². The van der Waals surface area contributed by atoms with Crippen LogP contribution in [-0.4, -0.2) is 30.7 Å². The molecule has 0 aromatic heterocycles. The number of carbonyl (C=O) groups excluding carboxylic acids is 1. The minimum atomic E-state index is -1.35. The Bertz CT molecular complexity index is 419. The molecule has 0 radical (unpaired) electrons. The first-order chi connectivity index (χ1) is 7.54. The van der Waals surface area contributed by atoms with E-state index in [-0.39, 0.29) is 12.3 Å². The van der Waals surface area contributed by atoms with Gasteiger partial charge in [0.2, 0.25) is 5.91 Å². The largest absolute Gasteiger partial charge is 0.478 e. The molecule has 0 unspecified atom stereocenters. The second-order valence-electron chi connectivity index (χ2n) is 2.98. The number of carboxylic acids is 1. The number of aromatic carboxylic acids is 1. The van der Waals surface area contributed by atoms with Crippen LogP contribution in [0.4, 0.5) is 10.1 Å². The van der Waals surface area contributed by atoms with Gasteiger partial charge >= 0.3 is 5.97 Å². The highest BCUT2D eigenvalue weighted by atomic mass is 19.1. The lowest BCUT2D eigenvalue weighted by Crippen LogP contribution is -2.17. The van der Waals surface area contributed by atoms with Crippen LogP contribution in [-0.2, 0) is 9.53 Å². The van der Waals surface area contributed by atoms with Gasteiger partial charge in [0.25, 0.3) is 0 Å². The molecule has 86 valence electrons. The molecule has 2 N–H and O–H groups in total. The van der Waals surface area contributed by atoms with Crippen LogP contribution in [0.25, 0.3) is 0 Å². The Kier molecular flexibility index (Phi) is 3.96. The highest BCUT2D eigenvalue weighted by Gasteiger charge is 2.11. The zero-order valence-electron chi connectivity index (χ0n) is 8.49. The summed E-state index contributed by atoms with van der Waals surface area (Å²) < 4.78 is 17.7. The highest BCUT2D eigenvalue weighted by Crippen LogP contribution is 2.14. The van der Waals surface area contributed by atoms with E-state index >= 15 is 0 Å². The van der Waals surface area contributed by atoms with Crippen LogP contribution in [0.5, 0.6) is 0 Å². The summed E-state index contributed by atoms with van der Waals surface area (Å²) in [4.78, 5) is 21.6. The molecule has 0 aliphatic rings. The fourth-order valence-electron chi connectivity index (χ4n) is 1.09. The third-order valence-electron chi connectivity index (χ3n) is 1.76. The SMILES string of the molecule is COCC(=O)Nc1ccc(C(=O)O)c(F)c1. The van der Waals surface area contributed by atoms with E-state index in [9.17, 15) is 14.0 Å². The second kappa shape index (κ2) is 5.22. The molecule has 0 saturated heterocycles. The molecule has 16 heavy (non-hydrogen) atoms. The first-order valence-electron chi connectivity index (χ1n) is 4.36. The number of rotatable bonds is 4. The van der Waals surface area contributed by atoms with Crippen molar-refractivity contribution in [3.8, 4) is 0 Å². The topological polar surface area (TPSA) is 75.6 Å². The monoisotopic (exact) mass is 227 g/mol. The van der Waals surface area contributed by atoms with E-state index in [0.717, 1.165) is 12.1 Å². The quantitative estimate of drug-likeness (QED) is 0.807. The molecule has 1 aromatic carbocycles. The van der Waals surface area contributed by atoms with Crippen molar-refractivity contribution in [3.05, 3.63) is 29.6 Å². The van der Waals surface area contributed by atoms with Crippen molar-refractivity contribution >= 4 is 17.6 Å². The maximum Gasteiger partial charge on any atom is 0.338 e. The average Bonchev–Trinajstić information content (AvgIpc) is 2.17. The van der Waals surface area contributed by atoms with Gasteiger partial charge in [-0.15, -0.1) is 0 Å². The molecule has 5 nitrogen and oxygen atoms in total. The van der Waals surface area contributed by atoms with Crippen LogP contribution in [0.15, 0.2) is 18.2 Å². The number of carboxylic acid groups (broad SMARTS) is 1. The molecule has 0 atom stereocenters. The summed E-state index contributed by atoms with van der Waals surface area (Å²) >= 11 is 0. The Labute approximate surface area is 90.8 Å². The van der Waals surface area contributed by atoms with Crippen LogP contribution in [0.1, 0.15) is 10.4 Å². The molecule has 0 aliphatic carbocycles. The van der Waals surface area contributed by atoms with Gasteiger partial charge in [0.05, 0.1) is 5.56 Å². The number of halogens is 1. The fraction of sp³-hybridized carbons (Fsp3) is 0.200. The van der Waals surface area contributed by atoms with E-state index in [1.807, 2.05) is 0 Å². The van der Waals surface area contributed by atoms with E-state index in [2.05, 4.69) is 10.1 Å². The van der Waals surface area contributed by atoms with Crippen LogP contribution >= 0.6 is 0 Å². The van der Waals surface area contributed by atoms with Crippen molar-refractivity contribution in [2.24, 2.45) is 0 Å². The smallest absolute Gasteiger partial charge is 0.338 e. The Morgan fingerprint density at radius 2 is 2.19 bits per heavy atom. The minimum absolute atomic E-state index is 0.150. The zero-order chi connectivity index (χ0) is 12.1. The Balaban J connectivity index is 2.81. The summed E-state index contributed by atoms with van der Waals surface area (Å²) in [6.07, 6.45) is 0. The van der Waals surface area contributed by atoms with Crippen molar-refractivity contribution in [3.63, 3.8) is 0 Å². The number of benzene rings is 1. The third-order valence-corrected chi connectivity index (χ3v) is 1.76. The summed E-state index contributed by atoms with van der Waals surface area (Å²) in [5.74, 6) is -2.69. The average molecular weight is 227 g/mol. The number of carbonyl (C=O) groups is 2. The predicted molar refractivity (Wildman–Crippen MR) is 53.9 cm³/mol. The lowest BCUT2D eigenvalue weighted by molar-refractivity contribution is -0.119. The molecule has 6 heteroatoms. The number of hydrogen-bond donors (Lipinski definition) is 2. The molecule has 0 aliphatic heterocycles. The van der Waals surface area contributed by atoms with Crippen LogP contribution in [0.3, 0.4) is 0 Å². The molecule has 1 rings (SSSR count). The molecule has 1 aromatic rings. The van der Waals surface area contributed by atoms with Gasteiger partial charge in [0.15, 0.2) is 0 Å². The van der Waals surface area contributed by atoms with Gasteiger partial charge in [0, 0.05) is 12.8 Å². The number of nitrogens with one attached hydrogen (secondary N) is 1. The van der Waals surface area contributed by atoms with Gasteiger partial charge in [-0.1, -0.05) is 0 Å². The van der Waals surface area contributed by atoms with E-state index in [4.69, 9.17) is 5.11 Å². The Morgan fingerprint density at radius 3 is 2.69 bits per heavy atom. The first-order valence-corrected chi connectivity index (χ1v) is 4.36. The van der Waals surface area contributed by atoms with Crippen LogP contribution in [0, 0.1) is 5.82 Å². The van der Waals surface area contributed by atoms with E-state index in [1.165, 1.54) is 13.2 Å². The maximum atomic E-state index is 13.2. The molecule has 1 amide bonds. The van der Waals surface area contributed by atoms with E-state index in [0.29, 0.717) is 0 Å².